The van der Waals surface area contributed by atoms with Crippen LogP contribution in [0.1, 0.15) is 18.4 Å². The number of ether oxygens (including phenoxy) is 3. The number of carbonyl (C=O) groups excluding carboxylic acids is 1. The van der Waals surface area contributed by atoms with Crippen molar-refractivity contribution in [1.82, 2.24) is 10.6 Å². The number of methoxy groups -OCH3 is 1. The molecular weight excluding hydrogens is 284 g/mol. The third-order valence-corrected chi connectivity index (χ3v) is 3.40. The predicted molar refractivity (Wildman–Crippen MR) is 83.0 cm³/mol. The standard InChI is InChI=1S/C16H24N2O4/c1-20-9-7-17-16(19)18-11-13-4-2-5-14(10-13)22-12-15-6-3-8-21-15/h2,4-5,10,15H,3,6-9,11-12H2,1H3,(H2,17,18,19)/t15-/m1/s1. The average Bonchev–Trinajstić information content (AvgIpc) is 3.05. The zero-order chi connectivity index (χ0) is 15.6. The van der Waals surface area contributed by atoms with Gasteiger partial charge in [0.1, 0.15) is 12.4 Å². The van der Waals surface area contributed by atoms with Crippen LogP contribution in [0.2, 0.25) is 0 Å². The molecule has 6 heteroatoms. The van der Waals surface area contributed by atoms with Gasteiger partial charge in [-0.25, -0.2) is 4.79 Å². The molecular formula is C16H24N2O4. The van der Waals surface area contributed by atoms with E-state index in [-0.39, 0.29) is 12.1 Å². The summed E-state index contributed by atoms with van der Waals surface area (Å²) in [5, 5.41) is 5.50. The Kier molecular flexibility index (Phi) is 6.99. The van der Waals surface area contributed by atoms with Crippen LogP contribution in [0.3, 0.4) is 0 Å². The lowest BCUT2D eigenvalue weighted by atomic mass is 10.2. The van der Waals surface area contributed by atoms with Crippen molar-refractivity contribution < 1.29 is 19.0 Å². The minimum absolute atomic E-state index is 0.202. The van der Waals surface area contributed by atoms with Crippen molar-refractivity contribution in [2.75, 3.05) is 33.5 Å². The summed E-state index contributed by atoms with van der Waals surface area (Å²) < 4.78 is 16.1. The molecule has 0 saturated carbocycles. The van der Waals surface area contributed by atoms with Gasteiger partial charge in [0.2, 0.25) is 0 Å². The first-order valence-electron chi connectivity index (χ1n) is 7.62. The topological polar surface area (TPSA) is 68.8 Å². The molecule has 1 atom stereocenters. The second-order valence-corrected chi connectivity index (χ2v) is 5.20. The molecule has 2 N–H and O–H groups in total. The van der Waals surface area contributed by atoms with Gasteiger partial charge in [0.05, 0.1) is 12.7 Å². The van der Waals surface area contributed by atoms with Crippen molar-refractivity contribution in [2.24, 2.45) is 0 Å². The maximum atomic E-state index is 11.6. The minimum Gasteiger partial charge on any atom is -0.491 e. The normalized spacial score (nSPS) is 17.2. The first-order valence-corrected chi connectivity index (χ1v) is 7.62. The lowest BCUT2D eigenvalue weighted by molar-refractivity contribution is 0.0679. The molecule has 1 aliphatic heterocycles. The lowest BCUT2D eigenvalue weighted by Crippen LogP contribution is -2.36. The van der Waals surface area contributed by atoms with Gasteiger partial charge in [0.15, 0.2) is 0 Å². The van der Waals surface area contributed by atoms with E-state index in [1.165, 1.54) is 0 Å². The maximum Gasteiger partial charge on any atom is 0.315 e. The van der Waals surface area contributed by atoms with E-state index in [9.17, 15) is 4.79 Å². The number of amides is 2. The number of benzene rings is 1. The van der Waals surface area contributed by atoms with Crippen molar-refractivity contribution in [2.45, 2.75) is 25.5 Å². The first kappa shape index (κ1) is 16.6. The second kappa shape index (κ2) is 9.27. The lowest BCUT2D eigenvalue weighted by Gasteiger charge is -2.12. The first-order chi connectivity index (χ1) is 10.8. The van der Waals surface area contributed by atoms with Crippen molar-refractivity contribution in [1.29, 1.82) is 0 Å². The molecule has 1 saturated heterocycles. The highest BCUT2D eigenvalue weighted by Crippen LogP contribution is 2.17. The number of carbonyl (C=O) groups is 1. The van der Waals surface area contributed by atoms with Crippen LogP contribution >= 0.6 is 0 Å². The van der Waals surface area contributed by atoms with Crippen molar-refractivity contribution in [3.05, 3.63) is 29.8 Å². The molecule has 1 aromatic rings. The Balaban J connectivity index is 1.72. The van der Waals surface area contributed by atoms with Gasteiger partial charge in [-0.05, 0) is 30.5 Å². The van der Waals surface area contributed by atoms with Crippen LogP contribution in [0.4, 0.5) is 4.79 Å². The Labute approximate surface area is 131 Å². The van der Waals surface area contributed by atoms with E-state index in [1.54, 1.807) is 7.11 Å². The number of hydrogen-bond donors (Lipinski definition) is 2. The van der Waals surface area contributed by atoms with E-state index in [4.69, 9.17) is 14.2 Å². The monoisotopic (exact) mass is 308 g/mol. The Hall–Kier alpha value is -1.79. The van der Waals surface area contributed by atoms with Gasteiger partial charge >= 0.3 is 6.03 Å². The van der Waals surface area contributed by atoms with Crippen LogP contribution in [0.5, 0.6) is 5.75 Å². The van der Waals surface area contributed by atoms with Gasteiger partial charge < -0.3 is 24.8 Å². The summed E-state index contributed by atoms with van der Waals surface area (Å²) in [6.07, 6.45) is 2.37. The van der Waals surface area contributed by atoms with Crippen LogP contribution < -0.4 is 15.4 Å². The molecule has 0 aliphatic carbocycles. The van der Waals surface area contributed by atoms with E-state index < -0.39 is 0 Å². The van der Waals surface area contributed by atoms with E-state index in [1.807, 2.05) is 24.3 Å². The molecule has 1 aliphatic rings. The number of rotatable bonds is 8. The molecule has 0 bridgehead atoms. The summed E-state index contributed by atoms with van der Waals surface area (Å²) in [5.74, 6) is 0.801. The smallest absolute Gasteiger partial charge is 0.315 e. The third kappa shape index (κ3) is 5.91. The van der Waals surface area contributed by atoms with Gasteiger partial charge in [-0.15, -0.1) is 0 Å². The SMILES string of the molecule is COCCNC(=O)NCc1cccc(OC[C@H]2CCCO2)c1. The third-order valence-electron chi connectivity index (χ3n) is 3.40. The van der Waals surface area contributed by atoms with Crippen molar-refractivity contribution in [3.8, 4) is 5.75 Å². The molecule has 22 heavy (non-hydrogen) atoms. The summed E-state index contributed by atoms with van der Waals surface area (Å²) in [4.78, 5) is 11.6. The molecule has 0 aromatic heterocycles. The fourth-order valence-corrected chi connectivity index (χ4v) is 2.22. The molecule has 2 rings (SSSR count). The van der Waals surface area contributed by atoms with Crippen LogP contribution in [0, 0.1) is 0 Å². The van der Waals surface area contributed by atoms with Crippen molar-refractivity contribution >= 4 is 6.03 Å². The average molecular weight is 308 g/mol. The second-order valence-electron chi connectivity index (χ2n) is 5.20. The Morgan fingerprint density at radius 2 is 2.32 bits per heavy atom. The van der Waals surface area contributed by atoms with Gasteiger partial charge in [-0.1, -0.05) is 12.1 Å². The molecule has 1 fully saturated rings. The summed E-state index contributed by atoms with van der Waals surface area (Å²) >= 11 is 0. The highest BCUT2D eigenvalue weighted by molar-refractivity contribution is 5.73. The van der Waals surface area contributed by atoms with Crippen LogP contribution in [-0.4, -0.2) is 45.6 Å². The molecule has 2 amide bonds. The largest absolute Gasteiger partial charge is 0.491 e. The fraction of sp³-hybridized carbons (Fsp3) is 0.562. The number of nitrogens with one attached hydrogen (secondary N) is 2. The maximum absolute atomic E-state index is 11.6. The molecule has 0 spiro atoms. The highest BCUT2D eigenvalue weighted by Gasteiger charge is 2.15. The number of urea groups is 1. The minimum atomic E-state index is -0.206. The molecule has 122 valence electrons. The van der Waals surface area contributed by atoms with Crippen molar-refractivity contribution in [3.63, 3.8) is 0 Å². The molecule has 0 unspecified atom stereocenters. The summed E-state index contributed by atoms with van der Waals surface area (Å²) in [6.45, 7) is 2.85. The van der Waals surface area contributed by atoms with Gasteiger partial charge in [-0.2, -0.15) is 0 Å². The summed E-state index contributed by atoms with van der Waals surface area (Å²) in [7, 11) is 1.60. The highest BCUT2D eigenvalue weighted by atomic mass is 16.5. The summed E-state index contributed by atoms with van der Waals surface area (Å²) in [6, 6.07) is 7.52. The van der Waals surface area contributed by atoms with Crippen LogP contribution in [0.15, 0.2) is 24.3 Å². The van der Waals surface area contributed by atoms with E-state index >= 15 is 0 Å². The van der Waals surface area contributed by atoms with Gasteiger partial charge in [-0.3, -0.25) is 0 Å². The van der Waals surface area contributed by atoms with Crippen LogP contribution in [-0.2, 0) is 16.0 Å². The Bertz CT molecular complexity index is 461. The number of hydrogen-bond acceptors (Lipinski definition) is 4. The van der Waals surface area contributed by atoms with Gasteiger partial charge in [0, 0.05) is 26.8 Å². The zero-order valence-corrected chi connectivity index (χ0v) is 13.0. The van der Waals surface area contributed by atoms with E-state index in [2.05, 4.69) is 10.6 Å². The molecule has 0 radical (unpaired) electrons. The fourth-order valence-electron chi connectivity index (χ4n) is 2.22. The molecule has 1 heterocycles. The van der Waals surface area contributed by atoms with Gasteiger partial charge in [0.25, 0.3) is 0 Å². The zero-order valence-electron chi connectivity index (χ0n) is 13.0. The predicted octanol–water partition coefficient (Wildman–Crippen LogP) is 1.69. The Morgan fingerprint density at radius 1 is 1.41 bits per heavy atom. The summed E-state index contributed by atoms with van der Waals surface area (Å²) in [5.41, 5.74) is 0.992. The Morgan fingerprint density at radius 3 is 3.09 bits per heavy atom. The van der Waals surface area contributed by atoms with E-state index in [0.717, 1.165) is 30.8 Å². The van der Waals surface area contributed by atoms with Crippen LogP contribution in [0.25, 0.3) is 0 Å². The quantitative estimate of drug-likeness (QED) is 0.717. The van der Waals surface area contributed by atoms with E-state index in [0.29, 0.717) is 26.3 Å². The molecule has 1 aromatic carbocycles. The molecule has 6 nitrogen and oxygen atoms in total.